The van der Waals surface area contributed by atoms with Gasteiger partial charge in [0.2, 0.25) is 0 Å². The summed E-state index contributed by atoms with van der Waals surface area (Å²) >= 11 is 4.90. The summed E-state index contributed by atoms with van der Waals surface area (Å²) in [7, 11) is 0. The molecule has 3 atom stereocenters. The van der Waals surface area contributed by atoms with E-state index in [1.807, 2.05) is 54.6 Å². The van der Waals surface area contributed by atoms with E-state index in [9.17, 15) is 0 Å². The van der Waals surface area contributed by atoms with Crippen LogP contribution in [0.15, 0.2) is 103 Å². The van der Waals surface area contributed by atoms with Crippen LogP contribution in [0.1, 0.15) is 30.5 Å². The van der Waals surface area contributed by atoms with Gasteiger partial charge in [-0.2, -0.15) is 12.6 Å². The van der Waals surface area contributed by atoms with Crippen molar-refractivity contribution in [1.82, 2.24) is 0 Å². The first-order valence-electron chi connectivity index (χ1n) is 11.4. The van der Waals surface area contributed by atoms with Gasteiger partial charge in [-0.15, -0.1) is 0 Å². The molecule has 0 unspecified atom stereocenters. The van der Waals surface area contributed by atoms with Crippen LogP contribution in [-0.4, -0.2) is 24.1 Å². The van der Waals surface area contributed by atoms with Crippen molar-refractivity contribution in [3.05, 3.63) is 119 Å². The monoisotopic (exact) mass is 462 g/mol. The highest BCUT2D eigenvalue weighted by Crippen LogP contribution is 2.21. The van der Waals surface area contributed by atoms with Gasteiger partial charge in [-0.1, -0.05) is 103 Å². The summed E-state index contributed by atoms with van der Waals surface area (Å²) in [5.74, 6) is 0. The third kappa shape index (κ3) is 9.18. The summed E-state index contributed by atoms with van der Waals surface area (Å²) in [6.07, 6.45) is 1.60. The molecule has 3 aromatic carbocycles. The number of allylic oxidation sites excluding steroid dienone is 1. The molecule has 4 heteroatoms. The van der Waals surface area contributed by atoms with E-state index in [4.69, 9.17) is 26.8 Å². The predicted molar refractivity (Wildman–Crippen MR) is 138 cm³/mol. The first kappa shape index (κ1) is 25.3. The Bertz CT molecular complexity index is 940. The van der Waals surface area contributed by atoms with Gasteiger partial charge in [-0.05, 0) is 30.5 Å². The molecule has 0 aliphatic heterocycles. The predicted octanol–water partition coefficient (Wildman–Crippen LogP) is 6.64. The highest BCUT2D eigenvalue weighted by molar-refractivity contribution is 7.81. The normalized spacial score (nSPS) is 13.8. The van der Waals surface area contributed by atoms with E-state index in [1.165, 1.54) is 5.57 Å². The van der Waals surface area contributed by atoms with Crippen molar-refractivity contribution < 1.29 is 14.2 Å². The Balaban J connectivity index is 1.70. The number of hydrogen-bond donors (Lipinski definition) is 1. The largest absolute Gasteiger partial charge is 0.376 e. The molecule has 3 rings (SSSR count). The first-order valence-corrected chi connectivity index (χ1v) is 11.9. The standard InChI is InChI=1S/C29H34O3S/c1-23(2)18-27(31-20-25-14-8-4-9-15-25)29(32-21-26-16-10-5-11-17-26)28(33)22-30-19-24-12-6-3-7-13-24/h3-18,27-29,33H,19-22H2,1-2H3/t27-,28+,29+/m1/s1. The van der Waals surface area contributed by atoms with Gasteiger partial charge in [-0.25, -0.2) is 0 Å². The second-order valence-electron chi connectivity index (χ2n) is 8.33. The molecular formula is C29H34O3S. The molecule has 0 fully saturated rings. The van der Waals surface area contributed by atoms with Crippen molar-refractivity contribution >= 4 is 12.6 Å². The van der Waals surface area contributed by atoms with Crippen LogP contribution >= 0.6 is 12.6 Å². The van der Waals surface area contributed by atoms with Gasteiger partial charge in [0, 0.05) is 0 Å². The molecule has 0 amide bonds. The van der Waals surface area contributed by atoms with Gasteiger partial charge in [-0.3, -0.25) is 0 Å². The van der Waals surface area contributed by atoms with Crippen molar-refractivity contribution in [2.45, 2.75) is 51.1 Å². The van der Waals surface area contributed by atoms with E-state index < -0.39 is 0 Å². The summed E-state index contributed by atoms with van der Waals surface area (Å²) in [6.45, 7) is 6.15. The van der Waals surface area contributed by atoms with Crippen LogP contribution in [0.2, 0.25) is 0 Å². The number of thiol groups is 1. The van der Waals surface area contributed by atoms with Crippen molar-refractivity contribution in [2.24, 2.45) is 0 Å². The smallest absolute Gasteiger partial charge is 0.104 e. The maximum Gasteiger partial charge on any atom is 0.104 e. The molecule has 0 radical (unpaired) electrons. The topological polar surface area (TPSA) is 27.7 Å². The maximum absolute atomic E-state index is 6.42. The Morgan fingerprint density at radius 3 is 1.64 bits per heavy atom. The van der Waals surface area contributed by atoms with Crippen molar-refractivity contribution in [3.8, 4) is 0 Å². The molecular weight excluding hydrogens is 428 g/mol. The average molecular weight is 463 g/mol. The van der Waals surface area contributed by atoms with E-state index >= 15 is 0 Å². The number of ether oxygens (including phenoxy) is 3. The lowest BCUT2D eigenvalue weighted by Gasteiger charge is -2.30. The zero-order chi connectivity index (χ0) is 23.3. The molecule has 0 aromatic heterocycles. The summed E-state index contributed by atoms with van der Waals surface area (Å²) in [6, 6.07) is 30.6. The summed E-state index contributed by atoms with van der Waals surface area (Å²) < 4.78 is 18.8. The SMILES string of the molecule is CC(C)=C[C@@H](OCc1ccccc1)[C@H](OCc1ccccc1)[C@@H](S)COCc1ccccc1. The van der Waals surface area contributed by atoms with Crippen molar-refractivity contribution in [3.63, 3.8) is 0 Å². The van der Waals surface area contributed by atoms with Crippen molar-refractivity contribution in [2.75, 3.05) is 6.61 Å². The van der Waals surface area contributed by atoms with Crippen LogP contribution in [-0.2, 0) is 34.0 Å². The zero-order valence-electron chi connectivity index (χ0n) is 19.5. The fourth-order valence-corrected chi connectivity index (χ4v) is 3.85. The van der Waals surface area contributed by atoms with Crippen LogP contribution in [0, 0.1) is 0 Å². The lowest BCUT2D eigenvalue weighted by Crippen LogP contribution is -2.40. The molecule has 0 N–H and O–H groups in total. The van der Waals surface area contributed by atoms with Gasteiger partial charge in [0.1, 0.15) is 12.2 Å². The van der Waals surface area contributed by atoms with E-state index in [0.717, 1.165) is 16.7 Å². The molecule has 0 heterocycles. The molecule has 0 spiro atoms. The van der Waals surface area contributed by atoms with Gasteiger partial charge in [0.05, 0.1) is 31.7 Å². The zero-order valence-corrected chi connectivity index (χ0v) is 20.4. The fraction of sp³-hybridized carbons (Fsp3) is 0.310. The number of benzene rings is 3. The van der Waals surface area contributed by atoms with Crippen LogP contribution < -0.4 is 0 Å². The third-order valence-electron chi connectivity index (χ3n) is 5.17. The minimum absolute atomic E-state index is 0.159. The average Bonchev–Trinajstić information content (AvgIpc) is 2.84. The number of rotatable bonds is 13. The first-order chi connectivity index (χ1) is 16.1. The van der Waals surface area contributed by atoms with Crippen LogP contribution in [0.4, 0.5) is 0 Å². The van der Waals surface area contributed by atoms with E-state index in [1.54, 1.807) is 0 Å². The second-order valence-corrected chi connectivity index (χ2v) is 9.00. The molecule has 0 saturated carbocycles. The minimum atomic E-state index is -0.275. The molecule has 174 valence electrons. The van der Waals surface area contributed by atoms with E-state index in [2.05, 4.69) is 56.3 Å². The van der Waals surface area contributed by atoms with Crippen LogP contribution in [0.25, 0.3) is 0 Å². The highest BCUT2D eigenvalue weighted by atomic mass is 32.1. The lowest BCUT2D eigenvalue weighted by atomic mass is 10.1. The summed E-state index contributed by atoms with van der Waals surface area (Å²) in [5, 5.41) is -0.159. The van der Waals surface area contributed by atoms with E-state index in [-0.39, 0.29) is 17.5 Å². The van der Waals surface area contributed by atoms with Crippen LogP contribution in [0.5, 0.6) is 0 Å². The van der Waals surface area contributed by atoms with Crippen molar-refractivity contribution in [1.29, 1.82) is 0 Å². The molecule has 0 bridgehead atoms. The molecule has 0 aliphatic rings. The Morgan fingerprint density at radius 1 is 0.697 bits per heavy atom. The lowest BCUT2D eigenvalue weighted by molar-refractivity contribution is -0.0735. The van der Waals surface area contributed by atoms with Gasteiger partial charge in [0.15, 0.2) is 0 Å². The maximum atomic E-state index is 6.42. The Morgan fingerprint density at radius 2 is 1.15 bits per heavy atom. The summed E-state index contributed by atoms with van der Waals surface area (Å²) in [4.78, 5) is 0. The van der Waals surface area contributed by atoms with Gasteiger partial charge >= 0.3 is 0 Å². The molecule has 33 heavy (non-hydrogen) atoms. The highest BCUT2D eigenvalue weighted by Gasteiger charge is 2.28. The second kappa shape index (κ2) is 14.0. The van der Waals surface area contributed by atoms with Gasteiger partial charge in [0.25, 0.3) is 0 Å². The molecule has 3 nitrogen and oxygen atoms in total. The fourth-order valence-electron chi connectivity index (χ4n) is 3.49. The molecule has 0 aliphatic carbocycles. The third-order valence-corrected chi connectivity index (χ3v) is 5.61. The molecule has 3 aromatic rings. The Labute approximate surface area is 203 Å². The van der Waals surface area contributed by atoms with E-state index in [0.29, 0.717) is 26.4 Å². The minimum Gasteiger partial charge on any atom is -0.376 e. The quantitative estimate of drug-likeness (QED) is 0.228. The number of hydrogen-bond acceptors (Lipinski definition) is 4. The Hall–Kier alpha value is -2.37. The summed E-state index contributed by atoms with van der Waals surface area (Å²) in [5.41, 5.74) is 4.56. The van der Waals surface area contributed by atoms with Gasteiger partial charge < -0.3 is 14.2 Å². The molecule has 0 saturated heterocycles. The Kier molecular flexibility index (Phi) is 10.7. The van der Waals surface area contributed by atoms with Crippen LogP contribution in [0.3, 0.4) is 0 Å².